The molecule has 1 aromatic carbocycles. The van der Waals surface area contributed by atoms with Crippen molar-refractivity contribution in [2.75, 3.05) is 5.32 Å². The number of benzene rings is 1. The van der Waals surface area contributed by atoms with Crippen molar-refractivity contribution in [3.8, 4) is 0 Å². The van der Waals surface area contributed by atoms with Crippen LogP contribution in [0.25, 0.3) is 0 Å². The molecular weight excluding hydrogens is 336 g/mol. The zero-order valence-corrected chi connectivity index (χ0v) is 18.5. The van der Waals surface area contributed by atoms with Crippen LogP contribution in [-0.2, 0) is 9.59 Å². The van der Waals surface area contributed by atoms with Gasteiger partial charge < -0.3 is 10.6 Å². The average molecular weight is 375 g/mol. The topological polar surface area (TPSA) is 58.2 Å². The monoisotopic (exact) mass is 374 g/mol. The molecule has 1 fully saturated rings. The van der Waals surface area contributed by atoms with Gasteiger partial charge in [0.1, 0.15) is 0 Å². The Morgan fingerprint density at radius 3 is 2.22 bits per heavy atom. The van der Waals surface area contributed by atoms with Gasteiger partial charge in [0.2, 0.25) is 11.8 Å². The molecule has 4 heteroatoms. The van der Waals surface area contributed by atoms with Gasteiger partial charge in [-0.3, -0.25) is 9.59 Å². The van der Waals surface area contributed by atoms with E-state index in [1.54, 1.807) is 6.92 Å². The van der Waals surface area contributed by atoms with Crippen molar-refractivity contribution in [3.63, 3.8) is 0 Å². The maximum atomic E-state index is 11.1. The SMILES string of the molecule is CC(=O)Nc1cc(C)ccc1C.CCC1(C)CC(NC(C)=O)CC(C)(C)C1. The van der Waals surface area contributed by atoms with Crippen LogP contribution < -0.4 is 10.6 Å². The molecule has 2 amide bonds. The van der Waals surface area contributed by atoms with Crippen molar-refractivity contribution in [3.05, 3.63) is 29.3 Å². The third-order valence-electron chi connectivity index (χ3n) is 5.41. The van der Waals surface area contributed by atoms with Gasteiger partial charge in [-0.1, -0.05) is 46.2 Å². The van der Waals surface area contributed by atoms with Crippen LogP contribution in [-0.4, -0.2) is 17.9 Å². The third-order valence-corrected chi connectivity index (χ3v) is 5.41. The lowest BCUT2D eigenvalue weighted by atomic mass is 9.62. The van der Waals surface area contributed by atoms with E-state index in [4.69, 9.17) is 0 Å². The van der Waals surface area contributed by atoms with Crippen LogP contribution >= 0.6 is 0 Å². The highest BCUT2D eigenvalue weighted by atomic mass is 16.2. The number of amides is 2. The van der Waals surface area contributed by atoms with E-state index in [1.165, 1.54) is 19.8 Å². The van der Waals surface area contributed by atoms with Gasteiger partial charge >= 0.3 is 0 Å². The number of anilines is 1. The van der Waals surface area contributed by atoms with Crippen LogP contribution in [0.2, 0.25) is 0 Å². The number of hydrogen-bond donors (Lipinski definition) is 2. The first-order valence-electron chi connectivity index (χ1n) is 9.98. The standard InChI is InChI=1S/C13H25NO.C10H13NO/c1-6-13(5)8-11(14-10(2)15)7-12(3,4)9-13;1-7-4-5-8(2)10(6-7)11-9(3)12/h11H,6-9H2,1-5H3,(H,14,15);4-6H,1-3H3,(H,11,12). The summed E-state index contributed by atoms with van der Waals surface area (Å²) in [4.78, 5) is 21.9. The smallest absolute Gasteiger partial charge is 0.221 e. The molecule has 0 bridgehead atoms. The van der Waals surface area contributed by atoms with Gasteiger partial charge in [-0.2, -0.15) is 0 Å². The molecule has 4 nitrogen and oxygen atoms in total. The highest BCUT2D eigenvalue weighted by Gasteiger charge is 2.40. The van der Waals surface area contributed by atoms with Crippen molar-refractivity contribution in [2.45, 2.75) is 87.1 Å². The molecule has 2 unspecified atom stereocenters. The van der Waals surface area contributed by atoms with E-state index in [9.17, 15) is 9.59 Å². The number of nitrogens with one attached hydrogen (secondary N) is 2. The van der Waals surface area contributed by atoms with Gasteiger partial charge in [-0.05, 0) is 61.1 Å². The molecule has 0 saturated heterocycles. The fraction of sp³-hybridized carbons (Fsp3) is 0.652. The average Bonchev–Trinajstić information content (AvgIpc) is 2.48. The second-order valence-electron chi connectivity index (χ2n) is 9.31. The van der Waals surface area contributed by atoms with Crippen LogP contribution in [0, 0.1) is 24.7 Å². The Hall–Kier alpha value is -1.84. The van der Waals surface area contributed by atoms with Crippen LogP contribution in [0.3, 0.4) is 0 Å². The van der Waals surface area contributed by atoms with E-state index in [1.807, 2.05) is 32.0 Å². The molecule has 2 N–H and O–H groups in total. The lowest BCUT2D eigenvalue weighted by molar-refractivity contribution is -0.120. The van der Waals surface area contributed by atoms with Crippen LogP contribution in [0.4, 0.5) is 5.69 Å². The van der Waals surface area contributed by atoms with Gasteiger partial charge in [-0.15, -0.1) is 0 Å². The zero-order chi connectivity index (χ0) is 20.8. The lowest BCUT2D eigenvalue weighted by Gasteiger charge is -2.46. The number of carbonyl (C=O) groups excluding carboxylic acids is 2. The Balaban J connectivity index is 0.000000277. The molecular formula is C23H38N2O2. The minimum Gasteiger partial charge on any atom is -0.354 e. The maximum absolute atomic E-state index is 11.1. The molecule has 0 aromatic heterocycles. The number of rotatable bonds is 3. The number of aryl methyl sites for hydroxylation is 2. The fourth-order valence-electron chi connectivity index (χ4n) is 4.35. The molecule has 2 rings (SSSR count). The van der Waals surface area contributed by atoms with Crippen LogP contribution in [0.15, 0.2) is 18.2 Å². The van der Waals surface area contributed by atoms with E-state index in [-0.39, 0.29) is 11.8 Å². The fourth-order valence-corrected chi connectivity index (χ4v) is 4.35. The molecule has 0 spiro atoms. The molecule has 1 saturated carbocycles. The van der Waals surface area contributed by atoms with Crippen molar-refractivity contribution >= 4 is 17.5 Å². The molecule has 27 heavy (non-hydrogen) atoms. The van der Waals surface area contributed by atoms with Crippen LogP contribution in [0.1, 0.15) is 78.4 Å². The first kappa shape index (κ1) is 23.2. The Labute approximate surface area is 165 Å². The van der Waals surface area contributed by atoms with Crippen molar-refractivity contribution in [1.82, 2.24) is 5.32 Å². The van der Waals surface area contributed by atoms with Gasteiger partial charge in [0.15, 0.2) is 0 Å². The second-order valence-corrected chi connectivity index (χ2v) is 9.31. The Morgan fingerprint density at radius 2 is 1.70 bits per heavy atom. The first-order chi connectivity index (χ1) is 12.4. The molecule has 0 aliphatic heterocycles. The summed E-state index contributed by atoms with van der Waals surface area (Å²) in [5.41, 5.74) is 3.91. The molecule has 0 radical (unpaired) electrons. The van der Waals surface area contributed by atoms with Gasteiger partial charge in [-0.25, -0.2) is 0 Å². The predicted molar refractivity (Wildman–Crippen MR) is 114 cm³/mol. The van der Waals surface area contributed by atoms with E-state index < -0.39 is 0 Å². The van der Waals surface area contributed by atoms with Crippen LogP contribution in [0.5, 0.6) is 0 Å². The largest absolute Gasteiger partial charge is 0.354 e. The maximum Gasteiger partial charge on any atom is 0.221 e. The normalized spacial score (nSPS) is 23.6. The highest BCUT2D eigenvalue weighted by molar-refractivity contribution is 5.89. The number of carbonyl (C=O) groups is 2. The summed E-state index contributed by atoms with van der Waals surface area (Å²) >= 11 is 0. The molecule has 1 aromatic rings. The summed E-state index contributed by atoms with van der Waals surface area (Å²) < 4.78 is 0. The van der Waals surface area contributed by atoms with Gasteiger partial charge in [0.25, 0.3) is 0 Å². The molecule has 2 atom stereocenters. The van der Waals surface area contributed by atoms with E-state index in [0.717, 1.165) is 29.7 Å². The third kappa shape index (κ3) is 8.15. The molecule has 1 aliphatic carbocycles. The zero-order valence-electron chi connectivity index (χ0n) is 18.5. The lowest BCUT2D eigenvalue weighted by Crippen LogP contribution is -2.46. The number of hydrogen-bond acceptors (Lipinski definition) is 2. The van der Waals surface area contributed by atoms with Gasteiger partial charge in [0.05, 0.1) is 0 Å². The Morgan fingerprint density at radius 1 is 1.07 bits per heavy atom. The summed E-state index contributed by atoms with van der Waals surface area (Å²) in [5, 5.41) is 5.86. The highest BCUT2D eigenvalue weighted by Crippen LogP contribution is 2.47. The Kier molecular flexibility index (Phi) is 8.06. The summed E-state index contributed by atoms with van der Waals surface area (Å²) in [6.07, 6.45) is 4.72. The van der Waals surface area contributed by atoms with E-state index >= 15 is 0 Å². The minimum atomic E-state index is -0.0244. The summed E-state index contributed by atoms with van der Waals surface area (Å²) in [7, 11) is 0. The summed E-state index contributed by atoms with van der Waals surface area (Å²) in [6.45, 7) is 16.3. The molecule has 1 aliphatic rings. The summed E-state index contributed by atoms with van der Waals surface area (Å²) in [6, 6.07) is 6.37. The van der Waals surface area contributed by atoms with Crippen molar-refractivity contribution in [2.24, 2.45) is 10.8 Å². The minimum absolute atomic E-state index is 0.0244. The van der Waals surface area contributed by atoms with E-state index in [0.29, 0.717) is 16.9 Å². The Bertz CT molecular complexity index is 666. The summed E-state index contributed by atoms with van der Waals surface area (Å²) in [5.74, 6) is 0.0832. The van der Waals surface area contributed by atoms with Gasteiger partial charge in [0, 0.05) is 25.6 Å². The van der Waals surface area contributed by atoms with Crippen molar-refractivity contribution < 1.29 is 9.59 Å². The second kappa shape index (κ2) is 9.38. The molecule has 152 valence electrons. The van der Waals surface area contributed by atoms with Crippen molar-refractivity contribution in [1.29, 1.82) is 0 Å². The molecule has 0 heterocycles. The van der Waals surface area contributed by atoms with E-state index in [2.05, 4.69) is 38.3 Å². The quantitative estimate of drug-likeness (QED) is 0.746. The first-order valence-corrected chi connectivity index (χ1v) is 9.98. The predicted octanol–water partition coefficient (Wildman–Crippen LogP) is 5.38.